The van der Waals surface area contributed by atoms with E-state index in [2.05, 4.69) is 5.32 Å². The molecule has 1 aliphatic heterocycles. The van der Waals surface area contributed by atoms with E-state index in [1.807, 2.05) is 0 Å². The average Bonchev–Trinajstić information content (AvgIpc) is 2.62. The maximum Gasteiger partial charge on any atom is 0.125 e. The highest BCUT2D eigenvalue weighted by molar-refractivity contribution is 5.47. The fourth-order valence-electron chi connectivity index (χ4n) is 1.95. The summed E-state index contributed by atoms with van der Waals surface area (Å²) < 4.78 is 12.8. The molecule has 3 heteroatoms. The van der Waals surface area contributed by atoms with Gasteiger partial charge in [-0.2, -0.15) is 0 Å². The third-order valence-corrected chi connectivity index (χ3v) is 2.78. The van der Waals surface area contributed by atoms with Gasteiger partial charge in [-0.25, -0.2) is 4.39 Å². The molecule has 1 aliphatic rings. The molecule has 0 aliphatic carbocycles. The number of nitrogens with two attached hydrogens (primary N) is 1. The van der Waals surface area contributed by atoms with E-state index in [-0.39, 0.29) is 5.82 Å². The summed E-state index contributed by atoms with van der Waals surface area (Å²) in [7, 11) is 0. The molecule has 1 unspecified atom stereocenters. The second kappa shape index (κ2) is 3.96. The quantitative estimate of drug-likeness (QED) is 0.701. The lowest BCUT2D eigenvalue weighted by atomic mass is 9.97. The number of nitrogen functional groups attached to an aromatic ring is 1. The highest BCUT2D eigenvalue weighted by Crippen LogP contribution is 2.20. The van der Waals surface area contributed by atoms with E-state index in [1.165, 1.54) is 18.6 Å². The Bertz CT molecular complexity index is 319. The van der Waals surface area contributed by atoms with Crippen molar-refractivity contribution >= 4 is 5.69 Å². The molecule has 1 fully saturated rings. The van der Waals surface area contributed by atoms with Crippen LogP contribution in [0.25, 0.3) is 0 Å². The molecule has 0 radical (unpaired) electrons. The van der Waals surface area contributed by atoms with Crippen molar-refractivity contribution in [2.24, 2.45) is 5.92 Å². The summed E-state index contributed by atoms with van der Waals surface area (Å²) in [5.41, 5.74) is 7.39. The highest BCUT2D eigenvalue weighted by atomic mass is 19.1. The molecule has 3 N–H and O–H groups in total. The summed E-state index contributed by atoms with van der Waals surface area (Å²) in [5, 5.41) is 3.31. The third kappa shape index (κ3) is 2.04. The molecule has 14 heavy (non-hydrogen) atoms. The first kappa shape index (κ1) is 9.46. The van der Waals surface area contributed by atoms with E-state index >= 15 is 0 Å². The van der Waals surface area contributed by atoms with E-state index in [1.54, 1.807) is 6.07 Å². The fourth-order valence-corrected chi connectivity index (χ4v) is 1.95. The minimum atomic E-state index is -0.254. The van der Waals surface area contributed by atoms with Crippen LogP contribution in [0.3, 0.4) is 0 Å². The predicted octanol–water partition coefficient (Wildman–Crippen LogP) is 1.56. The van der Waals surface area contributed by atoms with Crippen molar-refractivity contribution in [2.45, 2.75) is 12.8 Å². The molecule has 0 saturated carbocycles. The maximum atomic E-state index is 12.8. The lowest BCUT2D eigenvalue weighted by Gasteiger charge is -2.10. The Hall–Kier alpha value is -1.09. The predicted molar refractivity (Wildman–Crippen MR) is 55.5 cm³/mol. The van der Waals surface area contributed by atoms with Crippen LogP contribution in [0.1, 0.15) is 12.0 Å². The first-order valence-electron chi connectivity index (χ1n) is 5.00. The lowest BCUT2D eigenvalue weighted by Crippen LogP contribution is -2.11. The van der Waals surface area contributed by atoms with Crippen LogP contribution < -0.4 is 11.1 Å². The van der Waals surface area contributed by atoms with Gasteiger partial charge in [0.1, 0.15) is 5.82 Å². The number of rotatable bonds is 2. The minimum Gasteiger partial charge on any atom is -0.398 e. The Labute approximate surface area is 83.3 Å². The van der Waals surface area contributed by atoms with Gasteiger partial charge >= 0.3 is 0 Å². The van der Waals surface area contributed by atoms with Crippen LogP contribution in [-0.4, -0.2) is 13.1 Å². The number of hydrogen-bond donors (Lipinski definition) is 2. The smallest absolute Gasteiger partial charge is 0.125 e. The van der Waals surface area contributed by atoms with Crippen LogP contribution in [0.15, 0.2) is 18.2 Å². The van der Waals surface area contributed by atoms with Gasteiger partial charge in [-0.1, -0.05) is 6.07 Å². The standard InChI is InChI=1S/C11H15FN2/c12-10-2-1-9(11(13)6-10)5-8-3-4-14-7-8/h1-2,6,8,14H,3-5,7,13H2. The summed E-state index contributed by atoms with van der Waals surface area (Å²) in [6, 6.07) is 4.68. The number of benzene rings is 1. The number of halogens is 1. The van der Waals surface area contributed by atoms with Gasteiger partial charge in [0.05, 0.1) is 0 Å². The van der Waals surface area contributed by atoms with Gasteiger partial charge in [0.2, 0.25) is 0 Å². The Kier molecular flexibility index (Phi) is 2.68. The largest absolute Gasteiger partial charge is 0.398 e. The normalized spacial score (nSPS) is 21.4. The van der Waals surface area contributed by atoms with E-state index < -0.39 is 0 Å². The Balaban J connectivity index is 2.08. The van der Waals surface area contributed by atoms with Crippen LogP contribution in [-0.2, 0) is 6.42 Å². The maximum absolute atomic E-state index is 12.8. The number of nitrogens with one attached hydrogen (secondary N) is 1. The summed E-state index contributed by atoms with van der Waals surface area (Å²) in [5.74, 6) is 0.401. The summed E-state index contributed by atoms with van der Waals surface area (Å²) in [6.07, 6.45) is 2.15. The van der Waals surface area contributed by atoms with Gasteiger partial charge in [-0.05, 0) is 49.5 Å². The van der Waals surface area contributed by atoms with E-state index in [4.69, 9.17) is 5.73 Å². The summed E-state index contributed by atoms with van der Waals surface area (Å²) >= 11 is 0. The second-order valence-corrected chi connectivity index (χ2v) is 3.91. The average molecular weight is 194 g/mol. The lowest BCUT2D eigenvalue weighted by molar-refractivity contribution is 0.578. The monoisotopic (exact) mass is 194 g/mol. The second-order valence-electron chi connectivity index (χ2n) is 3.91. The van der Waals surface area contributed by atoms with Crippen LogP contribution in [0, 0.1) is 11.7 Å². The van der Waals surface area contributed by atoms with Gasteiger partial charge in [0, 0.05) is 5.69 Å². The first-order valence-corrected chi connectivity index (χ1v) is 5.00. The van der Waals surface area contributed by atoms with Crippen molar-refractivity contribution < 1.29 is 4.39 Å². The molecular formula is C11H15FN2. The molecule has 1 aromatic rings. The molecule has 1 saturated heterocycles. The zero-order valence-corrected chi connectivity index (χ0v) is 8.09. The van der Waals surface area contributed by atoms with Gasteiger partial charge < -0.3 is 11.1 Å². The van der Waals surface area contributed by atoms with Crippen molar-refractivity contribution in [2.75, 3.05) is 18.8 Å². The molecule has 1 aromatic carbocycles. The molecule has 0 aromatic heterocycles. The van der Waals surface area contributed by atoms with Crippen molar-refractivity contribution in [1.29, 1.82) is 0 Å². The molecule has 2 nitrogen and oxygen atoms in total. The first-order chi connectivity index (χ1) is 6.75. The molecule has 0 bridgehead atoms. The number of hydrogen-bond acceptors (Lipinski definition) is 2. The van der Waals surface area contributed by atoms with Gasteiger partial charge in [0.25, 0.3) is 0 Å². The molecule has 76 valence electrons. The van der Waals surface area contributed by atoms with Crippen LogP contribution in [0.4, 0.5) is 10.1 Å². The topological polar surface area (TPSA) is 38.0 Å². The van der Waals surface area contributed by atoms with Crippen molar-refractivity contribution in [1.82, 2.24) is 5.32 Å². The fraction of sp³-hybridized carbons (Fsp3) is 0.455. The minimum absolute atomic E-state index is 0.254. The molecule has 1 heterocycles. The SMILES string of the molecule is Nc1cc(F)ccc1CC1CCNC1. The van der Waals surface area contributed by atoms with E-state index in [0.29, 0.717) is 11.6 Å². The summed E-state index contributed by atoms with van der Waals surface area (Å²) in [6.45, 7) is 2.14. The zero-order valence-electron chi connectivity index (χ0n) is 8.09. The highest BCUT2D eigenvalue weighted by Gasteiger charge is 2.15. The molecule has 1 atom stereocenters. The third-order valence-electron chi connectivity index (χ3n) is 2.78. The summed E-state index contributed by atoms with van der Waals surface area (Å²) in [4.78, 5) is 0. The Morgan fingerprint density at radius 3 is 3.00 bits per heavy atom. The van der Waals surface area contributed by atoms with Gasteiger partial charge in [-0.15, -0.1) is 0 Å². The van der Waals surface area contributed by atoms with Crippen LogP contribution >= 0.6 is 0 Å². The van der Waals surface area contributed by atoms with Crippen molar-refractivity contribution in [3.05, 3.63) is 29.6 Å². The molecule has 0 amide bonds. The molecule has 0 spiro atoms. The molecule has 2 rings (SSSR count). The van der Waals surface area contributed by atoms with Crippen molar-refractivity contribution in [3.63, 3.8) is 0 Å². The number of anilines is 1. The van der Waals surface area contributed by atoms with Gasteiger partial charge in [-0.3, -0.25) is 0 Å². The van der Waals surface area contributed by atoms with E-state index in [0.717, 1.165) is 25.1 Å². The zero-order chi connectivity index (χ0) is 9.97. The van der Waals surface area contributed by atoms with Crippen LogP contribution in [0.2, 0.25) is 0 Å². The molecular weight excluding hydrogens is 179 g/mol. The van der Waals surface area contributed by atoms with Crippen LogP contribution in [0.5, 0.6) is 0 Å². The van der Waals surface area contributed by atoms with Gasteiger partial charge in [0.15, 0.2) is 0 Å². The Morgan fingerprint density at radius 2 is 2.36 bits per heavy atom. The Morgan fingerprint density at radius 1 is 1.50 bits per heavy atom. The van der Waals surface area contributed by atoms with E-state index in [9.17, 15) is 4.39 Å². The van der Waals surface area contributed by atoms with Crippen molar-refractivity contribution in [3.8, 4) is 0 Å².